The van der Waals surface area contributed by atoms with Crippen LogP contribution >= 0.6 is 0 Å². The van der Waals surface area contributed by atoms with Crippen LogP contribution in [-0.4, -0.2) is 21.7 Å². The minimum Gasteiger partial charge on any atom is -0.347 e. The molecular formula is C20H18N4O2. The van der Waals surface area contributed by atoms with Crippen molar-refractivity contribution >= 4 is 23.2 Å². The molecule has 0 aliphatic carbocycles. The lowest BCUT2D eigenvalue weighted by Crippen LogP contribution is -2.24. The van der Waals surface area contributed by atoms with Gasteiger partial charge in [0.15, 0.2) is 5.78 Å². The Bertz CT molecular complexity index is 926. The van der Waals surface area contributed by atoms with Gasteiger partial charge < -0.3 is 10.6 Å². The second-order valence-corrected chi connectivity index (χ2v) is 5.72. The minimum absolute atomic E-state index is 0.0164. The number of hydrogen-bond acceptors (Lipinski definition) is 5. The number of benzene rings is 2. The third-order valence-electron chi connectivity index (χ3n) is 3.74. The number of rotatable bonds is 6. The number of carbonyl (C=O) groups excluding carboxylic acids is 2. The molecule has 6 heteroatoms. The molecule has 2 aromatic carbocycles. The molecule has 0 saturated carbocycles. The lowest BCUT2D eigenvalue weighted by atomic mass is 10.1. The third-order valence-corrected chi connectivity index (χ3v) is 3.74. The van der Waals surface area contributed by atoms with E-state index in [1.807, 2.05) is 36.4 Å². The Morgan fingerprint density at radius 1 is 0.962 bits per heavy atom. The molecule has 26 heavy (non-hydrogen) atoms. The van der Waals surface area contributed by atoms with Crippen molar-refractivity contribution in [1.29, 1.82) is 0 Å². The van der Waals surface area contributed by atoms with Gasteiger partial charge in [0.1, 0.15) is 17.8 Å². The number of hydrogen-bond donors (Lipinski definition) is 2. The average molecular weight is 346 g/mol. The summed E-state index contributed by atoms with van der Waals surface area (Å²) in [4.78, 5) is 31.9. The van der Waals surface area contributed by atoms with Crippen LogP contribution < -0.4 is 10.6 Å². The van der Waals surface area contributed by atoms with E-state index in [0.717, 1.165) is 5.56 Å². The Kier molecular flexibility index (Phi) is 5.34. The first-order chi connectivity index (χ1) is 12.6. The summed E-state index contributed by atoms with van der Waals surface area (Å²) < 4.78 is 0. The topological polar surface area (TPSA) is 84.0 Å². The average Bonchev–Trinajstić information content (AvgIpc) is 2.67. The molecule has 3 rings (SSSR count). The first-order valence-electron chi connectivity index (χ1n) is 8.14. The van der Waals surface area contributed by atoms with Crippen molar-refractivity contribution in [3.63, 3.8) is 0 Å². The van der Waals surface area contributed by atoms with Crippen LogP contribution in [0.3, 0.4) is 0 Å². The van der Waals surface area contributed by atoms with Crippen molar-refractivity contribution in [3.8, 4) is 0 Å². The van der Waals surface area contributed by atoms with Crippen LogP contribution in [0.2, 0.25) is 0 Å². The second-order valence-electron chi connectivity index (χ2n) is 5.72. The van der Waals surface area contributed by atoms with Gasteiger partial charge in [0.25, 0.3) is 5.91 Å². The highest BCUT2D eigenvalue weighted by molar-refractivity contribution is 5.95. The van der Waals surface area contributed by atoms with Gasteiger partial charge in [-0.15, -0.1) is 0 Å². The Morgan fingerprint density at radius 3 is 2.54 bits per heavy atom. The summed E-state index contributed by atoms with van der Waals surface area (Å²) in [6.45, 7) is 1.94. The van der Waals surface area contributed by atoms with E-state index in [0.29, 0.717) is 23.6 Å². The van der Waals surface area contributed by atoms with E-state index in [9.17, 15) is 9.59 Å². The van der Waals surface area contributed by atoms with Crippen molar-refractivity contribution < 1.29 is 9.59 Å². The van der Waals surface area contributed by atoms with Gasteiger partial charge in [-0.2, -0.15) is 0 Å². The first kappa shape index (κ1) is 17.3. The molecule has 0 unspecified atom stereocenters. The molecule has 1 aromatic heterocycles. The third kappa shape index (κ3) is 4.51. The maximum Gasteiger partial charge on any atom is 0.270 e. The fraction of sp³-hybridized carbons (Fsp3) is 0.100. The lowest BCUT2D eigenvalue weighted by Gasteiger charge is -2.08. The summed E-state index contributed by atoms with van der Waals surface area (Å²) >= 11 is 0. The van der Waals surface area contributed by atoms with Crippen molar-refractivity contribution in [3.05, 3.63) is 83.8 Å². The summed E-state index contributed by atoms with van der Waals surface area (Å²) in [6.07, 6.45) is 1.33. The largest absolute Gasteiger partial charge is 0.347 e. The first-order valence-corrected chi connectivity index (χ1v) is 8.14. The van der Waals surface area contributed by atoms with Crippen LogP contribution in [-0.2, 0) is 6.54 Å². The molecule has 1 heterocycles. The monoisotopic (exact) mass is 346 g/mol. The van der Waals surface area contributed by atoms with Crippen molar-refractivity contribution in [2.45, 2.75) is 13.5 Å². The molecule has 1 amide bonds. The van der Waals surface area contributed by atoms with Gasteiger partial charge >= 0.3 is 0 Å². The number of nitrogens with zero attached hydrogens (tertiary/aromatic N) is 2. The molecule has 6 nitrogen and oxygen atoms in total. The maximum atomic E-state index is 12.3. The highest BCUT2D eigenvalue weighted by atomic mass is 16.1. The van der Waals surface area contributed by atoms with Crippen molar-refractivity contribution in [2.75, 3.05) is 5.32 Å². The van der Waals surface area contributed by atoms with Crippen LogP contribution in [0, 0.1) is 0 Å². The zero-order chi connectivity index (χ0) is 18.4. The number of amides is 1. The summed E-state index contributed by atoms with van der Waals surface area (Å²) in [5, 5.41) is 5.91. The molecule has 3 aromatic rings. The molecule has 130 valence electrons. The summed E-state index contributed by atoms with van der Waals surface area (Å²) in [6, 6.07) is 18.3. The van der Waals surface area contributed by atoms with Gasteiger partial charge in [-0.1, -0.05) is 42.5 Å². The van der Waals surface area contributed by atoms with Gasteiger partial charge in [-0.05, 0) is 24.6 Å². The van der Waals surface area contributed by atoms with E-state index in [2.05, 4.69) is 20.6 Å². The summed E-state index contributed by atoms with van der Waals surface area (Å²) in [5.74, 6) is 0.180. The Morgan fingerprint density at radius 2 is 1.77 bits per heavy atom. The summed E-state index contributed by atoms with van der Waals surface area (Å²) in [7, 11) is 0. The molecule has 0 saturated heterocycles. The minimum atomic E-state index is -0.281. The van der Waals surface area contributed by atoms with Gasteiger partial charge in [0, 0.05) is 23.9 Å². The van der Waals surface area contributed by atoms with E-state index < -0.39 is 0 Å². The van der Waals surface area contributed by atoms with E-state index in [4.69, 9.17) is 0 Å². The normalized spacial score (nSPS) is 10.2. The van der Waals surface area contributed by atoms with Crippen LogP contribution in [0.1, 0.15) is 33.3 Å². The number of ketones is 1. The molecule has 0 radical (unpaired) electrons. The van der Waals surface area contributed by atoms with E-state index in [-0.39, 0.29) is 17.4 Å². The fourth-order valence-electron chi connectivity index (χ4n) is 2.38. The highest BCUT2D eigenvalue weighted by Crippen LogP contribution is 2.16. The smallest absolute Gasteiger partial charge is 0.270 e. The predicted octanol–water partition coefficient (Wildman–Crippen LogP) is 3.35. The van der Waals surface area contributed by atoms with Gasteiger partial charge in [-0.3, -0.25) is 9.59 Å². The lowest BCUT2D eigenvalue weighted by molar-refractivity contribution is 0.0945. The fourth-order valence-corrected chi connectivity index (χ4v) is 2.38. The SMILES string of the molecule is CC(=O)c1cccc(Nc2cc(C(=O)NCc3ccccc3)ncn2)c1. The van der Waals surface area contributed by atoms with Crippen molar-refractivity contribution in [2.24, 2.45) is 0 Å². The molecular weight excluding hydrogens is 328 g/mol. The molecule has 2 N–H and O–H groups in total. The number of aromatic nitrogens is 2. The van der Waals surface area contributed by atoms with Crippen LogP contribution in [0.4, 0.5) is 11.5 Å². The van der Waals surface area contributed by atoms with Crippen LogP contribution in [0.25, 0.3) is 0 Å². The molecule has 0 fully saturated rings. The standard InChI is InChI=1S/C20H18N4O2/c1-14(25)16-8-5-9-17(10-16)24-19-11-18(22-13-23-19)20(26)21-12-15-6-3-2-4-7-15/h2-11,13H,12H2,1H3,(H,21,26)(H,22,23,24). The zero-order valence-corrected chi connectivity index (χ0v) is 14.3. The van der Waals surface area contributed by atoms with E-state index in [1.165, 1.54) is 13.3 Å². The number of Topliss-reactive ketones (excluding diaryl/α,β-unsaturated/α-hetero) is 1. The number of anilines is 2. The van der Waals surface area contributed by atoms with E-state index >= 15 is 0 Å². The highest BCUT2D eigenvalue weighted by Gasteiger charge is 2.09. The maximum absolute atomic E-state index is 12.3. The molecule has 0 spiro atoms. The molecule has 0 atom stereocenters. The Labute approximate surface area is 151 Å². The van der Waals surface area contributed by atoms with Crippen LogP contribution in [0.15, 0.2) is 67.0 Å². The Hall–Kier alpha value is -3.54. The van der Waals surface area contributed by atoms with Crippen molar-refractivity contribution in [1.82, 2.24) is 15.3 Å². The quantitative estimate of drug-likeness (QED) is 0.669. The Balaban J connectivity index is 1.68. The number of nitrogens with one attached hydrogen (secondary N) is 2. The zero-order valence-electron chi connectivity index (χ0n) is 14.3. The van der Waals surface area contributed by atoms with Gasteiger partial charge in [0.2, 0.25) is 0 Å². The summed E-state index contributed by atoms with van der Waals surface area (Å²) in [5.41, 5.74) is 2.59. The predicted molar refractivity (Wildman–Crippen MR) is 99.4 cm³/mol. The van der Waals surface area contributed by atoms with Gasteiger partial charge in [-0.25, -0.2) is 9.97 Å². The molecule has 0 aliphatic rings. The van der Waals surface area contributed by atoms with E-state index in [1.54, 1.807) is 24.3 Å². The van der Waals surface area contributed by atoms with Crippen LogP contribution in [0.5, 0.6) is 0 Å². The van der Waals surface area contributed by atoms with Gasteiger partial charge in [0.05, 0.1) is 0 Å². The second kappa shape index (κ2) is 8.02. The molecule has 0 bridgehead atoms. The molecule has 0 aliphatic heterocycles. The number of carbonyl (C=O) groups is 2.